The van der Waals surface area contributed by atoms with Gasteiger partial charge in [-0.3, -0.25) is 9.59 Å². The zero-order chi connectivity index (χ0) is 14.7. The Bertz CT molecular complexity index is 526. The first-order valence-electron chi connectivity index (χ1n) is 6.76. The first-order chi connectivity index (χ1) is 9.47. The summed E-state index contributed by atoms with van der Waals surface area (Å²) in [7, 11) is 1.73. The normalized spacial score (nSPS) is 14.0. The molecule has 1 aliphatic heterocycles. The van der Waals surface area contributed by atoms with Crippen LogP contribution in [0.2, 0.25) is 0 Å². The van der Waals surface area contributed by atoms with Crippen LogP contribution in [0.5, 0.6) is 5.75 Å². The lowest BCUT2D eigenvalue weighted by Gasteiger charge is -2.26. The molecule has 1 aromatic rings. The number of nitrogens with zero attached hydrogens (tertiary/aromatic N) is 1. The Balaban J connectivity index is 2.04. The summed E-state index contributed by atoms with van der Waals surface area (Å²) in [5, 5.41) is 2.88. The Morgan fingerprint density at radius 1 is 1.45 bits per heavy atom. The van der Waals surface area contributed by atoms with E-state index in [-0.39, 0.29) is 18.4 Å². The molecular formula is C15H20N2O3. The summed E-state index contributed by atoms with van der Waals surface area (Å²) in [5.41, 5.74) is 1.70. The van der Waals surface area contributed by atoms with Crippen molar-refractivity contribution in [3.63, 3.8) is 0 Å². The third-order valence-corrected chi connectivity index (χ3v) is 3.19. The van der Waals surface area contributed by atoms with Crippen LogP contribution >= 0.6 is 0 Å². The van der Waals surface area contributed by atoms with Crippen molar-refractivity contribution in [2.75, 3.05) is 18.6 Å². The fourth-order valence-electron chi connectivity index (χ4n) is 2.07. The molecule has 0 aromatic heterocycles. The van der Waals surface area contributed by atoms with Crippen LogP contribution in [0.3, 0.4) is 0 Å². The van der Waals surface area contributed by atoms with Gasteiger partial charge in [0, 0.05) is 20.0 Å². The predicted molar refractivity (Wildman–Crippen MR) is 76.6 cm³/mol. The van der Waals surface area contributed by atoms with Crippen molar-refractivity contribution in [3.8, 4) is 5.75 Å². The fourth-order valence-corrected chi connectivity index (χ4v) is 2.07. The number of hydrogen-bond donors (Lipinski definition) is 1. The second kappa shape index (κ2) is 5.94. The van der Waals surface area contributed by atoms with Crippen LogP contribution in [0, 0.1) is 5.92 Å². The Kier molecular flexibility index (Phi) is 4.27. The third-order valence-electron chi connectivity index (χ3n) is 3.19. The Labute approximate surface area is 118 Å². The van der Waals surface area contributed by atoms with Gasteiger partial charge in [0.2, 0.25) is 5.91 Å². The molecule has 0 aliphatic carbocycles. The van der Waals surface area contributed by atoms with Crippen LogP contribution in [-0.2, 0) is 16.1 Å². The highest BCUT2D eigenvalue weighted by Gasteiger charge is 2.22. The summed E-state index contributed by atoms with van der Waals surface area (Å²) >= 11 is 0. The molecule has 1 heterocycles. The Hall–Kier alpha value is -2.04. The van der Waals surface area contributed by atoms with E-state index >= 15 is 0 Å². The molecular weight excluding hydrogens is 256 g/mol. The molecule has 1 aromatic carbocycles. The minimum absolute atomic E-state index is 0.0402. The molecule has 5 heteroatoms. The molecule has 5 nitrogen and oxygen atoms in total. The van der Waals surface area contributed by atoms with E-state index in [2.05, 4.69) is 5.32 Å². The second-order valence-corrected chi connectivity index (χ2v) is 5.42. The number of anilines is 1. The van der Waals surface area contributed by atoms with Crippen molar-refractivity contribution in [3.05, 3.63) is 23.8 Å². The SMILES string of the molecule is CC(C)CC(=O)NCc1ccc2c(c1)N(C)C(=O)CO2. The van der Waals surface area contributed by atoms with Crippen LogP contribution in [0.15, 0.2) is 18.2 Å². The molecule has 0 saturated heterocycles. The molecule has 0 atom stereocenters. The maximum atomic E-state index is 11.6. The number of fused-ring (bicyclic) bond motifs is 1. The van der Waals surface area contributed by atoms with E-state index in [4.69, 9.17) is 4.74 Å². The van der Waals surface area contributed by atoms with Gasteiger partial charge in [0.05, 0.1) is 5.69 Å². The van der Waals surface area contributed by atoms with Crippen molar-refractivity contribution < 1.29 is 14.3 Å². The van der Waals surface area contributed by atoms with Crippen molar-refractivity contribution in [2.45, 2.75) is 26.8 Å². The van der Waals surface area contributed by atoms with Gasteiger partial charge in [-0.05, 0) is 23.6 Å². The van der Waals surface area contributed by atoms with Gasteiger partial charge in [-0.25, -0.2) is 0 Å². The number of carbonyl (C=O) groups is 2. The third kappa shape index (κ3) is 3.29. The summed E-state index contributed by atoms with van der Waals surface area (Å²) in [6, 6.07) is 5.61. The number of likely N-dealkylation sites (N-methyl/N-ethyl adjacent to an activating group) is 1. The molecule has 0 unspecified atom stereocenters. The van der Waals surface area contributed by atoms with Gasteiger partial charge in [0.25, 0.3) is 5.91 Å². The van der Waals surface area contributed by atoms with Gasteiger partial charge in [-0.1, -0.05) is 19.9 Å². The highest BCUT2D eigenvalue weighted by Crippen LogP contribution is 2.31. The van der Waals surface area contributed by atoms with Crippen LogP contribution in [-0.4, -0.2) is 25.5 Å². The molecule has 20 heavy (non-hydrogen) atoms. The number of hydrogen-bond acceptors (Lipinski definition) is 3. The lowest BCUT2D eigenvalue weighted by molar-refractivity contribution is -0.122. The standard InChI is InChI=1S/C15H20N2O3/c1-10(2)6-14(18)16-8-11-4-5-13-12(7-11)17(3)15(19)9-20-13/h4-5,7,10H,6,8-9H2,1-3H3,(H,16,18). The minimum Gasteiger partial charge on any atom is -0.482 e. The number of rotatable bonds is 4. The molecule has 2 rings (SSSR count). The van der Waals surface area contributed by atoms with E-state index in [1.165, 1.54) is 0 Å². The minimum atomic E-state index is -0.0708. The van der Waals surface area contributed by atoms with E-state index < -0.39 is 0 Å². The number of carbonyl (C=O) groups excluding carboxylic acids is 2. The molecule has 1 N–H and O–H groups in total. The molecule has 0 saturated carbocycles. The fraction of sp³-hybridized carbons (Fsp3) is 0.467. The van der Waals surface area contributed by atoms with Gasteiger partial charge < -0.3 is 15.0 Å². The van der Waals surface area contributed by atoms with Gasteiger partial charge in [-0.15, -0.1) is 0 Å². The van der Waals surface area contributed by atoms with E-state index in [1.807, 2.05) is 32.0 Å². The first-order valence-corrected chi connectivity index (χ1v) is 6.76. The average molecular weight is 276 g/mol. The quantitative estimate of drug-likeness (QED) is 0.910. The van der Waals surface area contributed by atoms with Crippen molar-refractivity contribution in [1.29, 1.82) is 0 Å². The highest BCUT2D eigenvalue weighted by molar-refractivity contribution is 5.97. The van der Waals surface area contributed by atoms with E-state index in [0.29, 0.717) is 24.6 Å². The van der Waals surface area contributed by atoms with Gasteiger partial charge >= 0.3 is 0 Å². The van der Waals surface area contributed by atoms with Crippen molar-refractivity contribution in [2.24, 2.45) is 5.92 Å². The molecule has 108 valence electrons. The van der Waals surface area contributed by atoms with Crippen LogP contribution in [0.25, 0.3) is 0 Å². The largest absolute Gasteiger partial charge is 0.482 e. The first kappa shape index (κ1) is 14.4. The lowest BCUT2D eigenvalue weighted by Crippen LogP contribution is -2.35. The summed E-state index contributed by atoms with van der Waals surface area (Å²) in [6.07, 6.45) is 0.520. The van der Waals surface area contributed by atoms with E-state index in [1.54, 1.807) is 11.9 Å². The van der Waals surface area contributed by atoms with E-state index in [9.17, 15) is 9.59 Å². The highest BCUT2D eigenvalue weighted by atomic mass is 16.5. The maximum Gasteiger partial charge on any atom is 0.264 e. The zero-order valence-corrected chi connectivity index (χ0v) is 12.1. The number of nitrogens with one attached hydrogen (secondary N) is 1. The molecule has 2 amide bonds. The lowest BCUT2D eigenvalue weighted by atomic mass is 10.1. The summed E-state index contributed by atoms with van der Waals surface area (Å²) in [4.78, 5) is 24.8. The van der Waals surface area contributed by atoms with Crippen molar-refractivity contribution in [1.82, 2.24) is 5.32 Å². The van der Waals surface area contributed by atoms with E-state index in [0.717, 1.165) is 11.3 Å². The maximum absolute atomic E-state index is 11.6. The predicted octanol–water partition coefficient (Wildman–Crippen LogP) is 1.70. The Morgan fingerprint density at radius 3 is 2.90 bits per heavy atom. The molecule has 0 spiro atoms. The molecule has 1 aliphatic rings. The Morgan fingerprint density at radius 2 is 2.20 bits per heavy atom. The van der Waals surface area contributed by atoms with Gasteiger partial charge in [-0.2, -0.15) is 0 Å². The van der Waals surface area contributed by atoms with Crippen molar-refractivity contribution >= 4 is 17.5 Å². The number of benzene rings is 1. The average Bonchev–Trinajstić information content (AvgIpc) is 2.40. The topological polar surface area (TPSA) is 58.6 Å². The molecule has 0 fully saturated rings. The molecule has 0 radical (unpaired) electrons. The van der Waals surface area contributed by atoms with Gasteiger partial charge in [0.15, 0.2) is 6.61 Å². The van der Waals surface area contributed by atoms with Gasteiger partial charge in [0.1, 0.15) is 5.75 Å². The van der Waals surface area contributed by atoms with Crippen LogP contribution in [0.4, 0.5) is 5.69 Å². The van der Waals surface area contributed by atoms with Crippen LogP contribution < -0.4 is 15.0 Å². The summed E-state index contributed by atoms with van der Waals surface area (Å²) in [6.45, 7) is 4.56. The smallest absolute Gasteiger partial charge is 0.264 e. The monoisotopic (exact) mass is 276 g/mol. The molecule has 0 bridgehead atoms. The van der Waals surface area contributed by atoms with Crippen LogP contribution in [0.1, 0.15) is 25.8 Å². The summed E-state index contributed by atoms with van der Waals surface area (Å²) in [5.74, 6) is 1.01. The second-order valence-electron chi connectivity index (χ2n) is 5.42. The number of ether oxygens (including phenoxy) is 1. The summed E-state index contributed by atoms with van der Waals surface area (Å²) < 4.78 is 5.36. The zero-order valence-electron chi connectivity index (χ0n) is 12.1. The number of amides is 2.